The molecule has 1 aliphatic rings. The van der Waals surface area contributed by atoms with Crippen molar-refractivity contribution in [3.8, 4) is 0 Å². The average Bonchev–Trinajstić information content (AvgIpc) is 2.75. The highest BCUT2D eigenvalue weighted by Crippen LogP contribution is 2.56. The van der Waals surface area contributed by atoms with Crippen molar-refractivity contribution >= 4 is 12.4 Å². The lowest BCUT2D eigenvalue weighted by Gasteiger charge is -2.34. The molecular formula is C23H35OP. The molecule has 0 fully saturated rings. The van der Waals surface area contributed by atoms with Gasteiger partial charge in [-0.1, -0.05) is 80.5 Å². The number of hydrogen-bond acceptors (Lipinski definition) is 1. The van der Waals surface area contributed by atoms with E-state index in [0.29, 0.717) is 0 Å². The third kappa shape index (κ3) is 4.03. The maximum atomic E-state index is 14.0. The van der Waals surface area contributed by atoms with Crippen LogP contribution in [-0.2, 0) is 20.8 Å². The van der Waals surface area contributed by atoms with E-state index in [9.17, 15) is 4.57 Å². The van der Waals surface area contributed by atoms with Gasteiger partial charge in [-0.2, -0.15) is 0 Å². The summed E-state index contributed by atoms with van der Waals surface area (Å²) in [7, 11) is -2.66. The molecule has 0 amide bonds. The fraction of sp³-hybridized carbons (Fsp3) is 0.565. The second kappa shape index (κ2) is 5.98. The molecule has 0 bridgehead atoms. The Morgan fingerprint density at radius 1 is 0.760 bits per heavy atom. The standard InChI is InChI=1S/C23H35OP/c1-16-11-12-25(24,15-16)20-18(22(5,6)7)13-17(21(2,3)4)14-19(20)23(8,9)10/h11-15H,1-10H3. The highest BCUT2D eigenvalue weighted by Gasteiger charge is 2.36. The SMILES string of the molecule is CC1=CP(=O)(c2c(C(C)(C)C)cc(C(C)(C)C)cc2C(C)(C)C)C=C1. The van der Waals surface area contributed by atoms with E-state index in [2.05, 4.69) is 74.4 Å². The Labute approximate surface area is 155 Å². The van der Waals surface area contributed by atoms with Crippen molar-refractivity contribution in [2.75, 3.05) is 0 Å². The molecule has 1 heterocycles. The molecule has 0 aromatic heterocycles. The summed E-state index contributed by atoms with van der Waals surface area (Å²) in [4.78, 5) is 0. The smallest absolute Gasteiger partial charge is 0.158 e. The fourth-order valence-electron chi connectivity index (χ4n) is 3.34. The van der Waals surface area contributed by atoms with Gasteiger partial charge in [0.25, 0.3) is 0 Å². The summed E-state index contributed by atoms with van der Waals surface area (Å²) in [6.07, 6.45) is 2.01. The minimum absolute atomic E-state index is 0.0598. The van der Waals surface area contributed by atoms with Gasteiger partial charge in [0, 0.05) is 5.30 Å². The second-order valence-electron chi connectivity index (χ2n) is 10.6. The summed E-state index contributed by atoms with van der Waals surface area (Å²) in [5.74, 6) is 3.93. The van der Waals surface area contributed by atoms with Crippen molar-refractivity contribution in [2.24, 2.45) is 0 Å². The van der Waals surface area contributed by atoms with Crippen LogP contribution >= 0.6 is 7.14 Å². The molecule has 0 saturated carbocycles. The van der Waals surface area contributed by atoms with Crippen molar-refractivity contribution in [1.82, 2.24) is 0 Å². The predicted octanol–water partition coefficient (Wildman–Crippen LogP) is 7.00. The number of allylic oxidation sites excluding steroid dienone is 2. The minimum Gasteiger partial charge on any atom is -0.310 e. The van der Waals surface area contributed by atoms with E-state index in [4.69, 9.17) is 0 Å². The molecule has 1 aromatic carbocycles. The van der Waals surface area contributed by atoms with Crippen LogP contribution in [0.4, 0.5) is 0 Å². The Hall–Kier alpha value is -1.07. The number of benzene rings is 1. The van der Waals surface area contributed by atoms with Crippen LogP contribution in [-0.4, -0.2) is 0 Å². The molecule has 2 heteroatoms. The van der Waals surface area contributed by atoms with Gasteiger partial charge in [-0.15, -0.1) is 0 Å². The maximum absolute atomic E-state index is 14.0. The highest BCUT2D eigenvalue weighted by molar-refractivity contribution is 7.77. The van der Waals surface area contributed by atoms with Crippen molar-refractivity contribution in [1.29, 1.82) is 0 Å². The number of rotatable bonds is 1. The van der Waals surface area contributed by atoms with Gasteiger partial charge >= 0.3 is 0 Å². The fourth-order valence-corrected chi connectivity index (χ4v) is 6.41. The summed E-state index contributed by atoms with van der Waals surface area (Å²) < 4.78 is 14.0. The number of hydrogen-bond donors (Lipinski definition) is 0. The van der Waals surface area contributed by atoms with Gasteiger partial charge in [-0.25, -0.2) is 0 Å². The van der Waals surface area contributed by atoms with Gasteiger partial charge < -0.3 is 4.57 Å². The Balaban J connectivity index is 2.99. The van der Waals surface area contributed by atoms with Crippen molar-refractivity contribution in [2.45, 2.75) is 85.5 Å². The van der Waals surface area contributed by atoms with Gasteiger partial charge in [0.1, 0.15) is 0 Å². The molecule has 25 heavy (non-hydrogen) atoms. The van der Waals surface area contributed by atoms with Gasteiger partial charge in [-0.05, 0) is 57.1 Å². The maximum Gasteiger partial charge on any atom is 0.158 e. The molecule has 138 valence electrons. The summed E-state index contributed by atoms with van der Waals surface area (Å²) in [5.41, 5.74) is 4.81. The Bertz CT molecular complexity index is 752. The Morgan fingerprint density at radius 3 is 1.48 bits per heavy atom. The summed E-state index contributed by atoms with van der Waals surface area (Å²) >= 11 is 0. The Morgan fingerprint density at radius 2 is 1.20 bits per heavy atom. The van der Waals surface area contributed by atoms with Crippen molar-refractivity contribution < 1.29 is 4.57 Å². The summed E-state index contributed by atoms with van der Waals surface area (Å²) in [6.45, 7) is 22.2. The zero-order valence-corrected chi connectivity index (χ0v) is 18.6. The predicted molar refractivity (Wildman–Crippen MR) is 113 cm³/mol. The largest absolute Gasteiger partial charge is 0.310 e. The Kier molecular flexibility index (Phi) is 4.85. The quantitative estimate of drug-likeness (QED) is 0.494. The van der Waals surface area contributed by atoms with Crippen LogP contribution in [0, 0.1) is 0 Å². The lowest BCUT2D eigenvalue weighted by molar-refractivity contribution is 0.550. The molecule has 1 aliphatic heterocycles. The van der Waals surface area contributed by atoms with Crippen LogP contribution in [0.3, 0.4) is 0 Å². The minimum atomic E-state index is -2.66. The first kappa shape index (κ1) is 20.2. The summed E-state index contributed by atoms with van der Waals surface area (Å²) in [6, 6.07) is 4.61. The normalized spacial score (nSPS) is 21.6. The van der Waals surface area contributed by atoms with Gasteiger partial charge in [0.05, 0.1) is 0 Å². The topological polar surface area (TPSA) is 17.1 Å². The zero-order chi connectivity index (χ0) is 19.4. The van der Waals surface area contributed by atoms with E-state index in [1.165, 1.54) is 16.7 Å². The first-order valence-electron chi connectivity index (χ1n) is 9.24. The lowest BCUT2D eigenvalue weighted by Crippen LogP contribution is -2.32. The van der Waals surface area contributed by atoms with Gasteiger partial charge in [0.2, 0.25) is 0 Å². The molecule has 0 N–H and O–H groups in total. The van der Waals surface area contributed by atoms with Crippen LogP contribution in [0.1, 0.15) is 85.9 Å². The summed E-state index contributed by atoms with van der Waals surface area (Å²) in [5, 5.41) is 1.06. The molecule has 1 nitrogen and oxygen atoms in total. The first-order chi connectivity index (χ1) is 11.1. The van der Waals surface area contributed by atoms with E-state index in [1.807, 2.05) is 24.6 Å². The average molecular weight is 359 g/mol. The molecule has 0 radical (unpaired) electrons. The van der Waals surface area contributed by atoms with Crippen molar-refractivity contribution in [3.63, 3.8) is 0 Å². The molecule has 1 unspecified atom stereocenters. The van der Waals surface area contributed by atoms with Crippen LogP contribution in [0.5, 0.6) is 0 Å². The molecule has 0 saturated heterocycles. The van der Waals surface area contributed by atoms with Gasteiger partial charge in [-0.3, -0.25) is 0 Å². The molecular weight excluding hydrogens is 323 g/mol. The molecule has 0 aliphatic carbocycles. The second-order valence-corrected chi connectivity index (χ2v) is 13.0. The van der Waals surface area contributed by atoms with E-state index < -0.39 is 7.14 Å². The van der Waals surface area contributed by atoms with E-state index in [-0.39, 0.29) is 16.2 Å². The molecule has 2 rings (SSSR count). The van der Waals surface area contributed by atoms with Crippen LogP contribution in [0.15, 0.2) is 35.4 Å². The van der Waals surface area contributed by atoms with E-state index in [0.717, 1.165) is 10.9 Å². The lowest BCUT2D eigenvalue weighted by atomic mass is 9.75. The van der Waals surface area contributed by atoms with Crippen molar-refractivity contribution in [3.05, 3.63) is 52.1 Å². The highest BCUT2D eigenvalue weighted by atomic mass is 31.2. The van der Waals surface area contributed by atoms with Gasteiger partial charge in [0.15, 0.2) is 7.14 Å². The molecule has 1 aromatic rings. The monoisotopic (exact) mass is 358 g/mol. The van der Waals surface area contributed by atoms with Crippen LogP contribution < -0.4 is 5.30 Å². The third-order valence-corrected chi connectivity index (χ3v) is 7.46. The zero-order valence-electron chi connectivity index (χ0n) is 17.7. The van der Waals surface area contributed by atoms with Crippen LogP contribution in [0.25, 0.3) is 0 Å². The van der Waals surface area contributed by atoms with Crippen LogP contribution in [0.2, 0.25) is 0 Å². The molecule has 0 spiro atoms. The first-order valence-corrected chi connectivity index (χ1v) is 11.1. The van der Waals surface area contributed by atoms with E-state index in [1.54, 1.807) is 0 Å². The molecule has 1 atom stereocenters. The third-order valence-electron chi connectivity index (χ3n) is 4.90. The van der Waals surface area contributed by atoms with E-state index >= 15 is 0 Å².